The van der Waals surface area contributed by atoms with Crippen molar-refractivity contribution in [3.63, 3.8) is 0 Å². The van der Waals surface area contributed by atoms with Crippen LogP contribution in [-0.4, -0.2) is 28.4 Å². The molecule has 0 radical (unpaired) electrons. The zero-order valence-corrected chi connectivity index (χ0v) is 19.8. The number of rotatable bonds is 8. The number of thioether (sulfide) groups is 1. The number of aryl methyl sites for hydroxylation is 1. The maximum atomic E-state index is 13.0. The number of thiocarbonyl (C=S) groups is 1. The topological polar surface area (TPSA) is 81.9 Å². The number of benzene rings is 3. The summed E-state index contributed by atoms with van der Waals surface area (Å²) in [6.07, 6.45) is 1.57. The number of nitro benzene ring substituents is 1. The lowest BCUT2D eigenvalue weighted by Gasteiger charge is -2.14. The number of para-hydroxylation sites is 1. The second kappa shape index (κ2) is 10.5. The Bertz CT molecular complexity index is 1260. The fourth-order valence-corrected chi connectivity index (χ4v) is 4.54. The number of hydrogen-bond donors (Lipinski definition) is 0. The molecule has 7 nitrogen and oxygen atoms in total. The van der Waals surface area contributed by atoms with Gasteiger partial charge in [-0.1, -0.05) is 59.9 Å². The quantitative estimate of drug-likeness (QED) is 0.130. The summed E-state index contributed by atoms with van der Waals surface area (Å²) in [7, 11) is 0. The van der Waals surface area contributed by atoms with E-state index in [0.29, 0.717) is 26.2 Å². The van der Waals surface area contributed by atoms with E-state index in [4.69, 9.17) is 21.7 Å². The molecule has 1 saturated heterocycles. The van der Waals surface area contributed by atoms with Crippen LogP contribution in [0.4, 0.5) is 11.4 Å². The van der Waals surface area contributed by atoms with Crippen molar-refractivity contribution in [2.45, 2.75) is 6.92 Å². The van der Waals surface area contributed by atoms with Gasteiger partial charge in [-0.2, -0.15) is 0 Å². The van der Waals surface area contributed by atoms with Crippen LogP contribution in [0.25, 0.3) is 6.08 Å². The molecule has 0 spiro atoms. The van der Waals surface area contributed by atoms with Crippen LogP contribution in [0.3, 0.4) is 0 Å². The van der Waals surface area contributed by atoms with E-state index in [-0.39, 0.29) is 24.8 Å². The molecule has 1 amide bonds. The summed E-state index contributed by atoms with van der Waals surface area (Å²) >= 11 is 6.54. The van der Waals surface area contributed by atoms with E-state index >= 15 is 0 Å². The minimum Gasteiger partial charge on any atom is -0.490 e. The Kier molecular flexibility index (Phi) is 7.24. The largest absolute Gasteiger partial charge is 0.490 e. The number of amides is 1. The van der Waals surface area contributed by atoms with Gasteiger partial charge in [-0.3, -0.25) is 19.8 Å². The fraction of sp³-hybridized carbons (Fsp3) is 0.120. The summed E-state index contributed by atoms with van der Waals surface area (Å²) in [6, 6.07) is 21.0. The molecule has 0 bridgehead atoms. The van der Waals surface area contributed by atoms with Gasteiger partial charge in [-0.15, -0.1) is 0 Å². The van der Waals surface area contributed by atoms with Gasteiger partial charge in [0.05, 0.1) is 15.5 Å². The Balaban J connectivity index is 1.53. The van der Waals surface area contributed by atoms with E-state index in [2.05, 4.69) is 0 Å². The van der Waals surface area contributed by atoms with E-state index in [9.17, 15) is 14.9 Å². The first-order chi connectivity index (χ1) is 16.4. The maximum Gasteiger partial charge on any atom is 0.270 e. The van der Waals surface area contributed by atoms with Crippen LogP contribution in [0.15, 0.2) is 77.7 Å². The highest BCUT2D eigenvalue weighted by atomic mass is 32.2. The van der Waals surface area contributed by atoms with Crippen molar-refractivity contribution in [1.82, 2.24) is 0 Å². The Morgan fingerprint density at radius 3 is 2.44 bits per heavy atom. The third kappa shape index (κ3) is 5.44. The fourth-order valence-electron chi connectivity index (χ4n) is 3.25. The van der Waals surface area contributed by atoms with Gasteiger partial charge in [-0.05, 0) is 43.3 Å². The van der Waals surface area contributed by atoms with Gasteiger partial charge in [0.25, 0.3) is 11.6 Å². The Morgan fingerprint density at radius 2 is 1.74 bits per heavy atom. The highest BCUT2D eigenvalue weighted by Crippen LogP contribution is 2.37. The summed E-state index contributed by atoms with van der Waals surface area (Å²) in [5.41, 5.74) is 2.11. The second-order valence-electron chi connectivity index (χ2n) is 7.34. The van der Waals surface area contributed by atoms with Crippen molar-refractivity contribution in [2.75, 3.05) is 18.1 Å². The number of nitro groups is 1. The molecule has 0 saturated carbocycles. The smallest absolute Gasteiger partial charge is 0.270 e. The normalized spacial score (nSPS) is 14.5. The van der Waals surface area contributed by atoms with E-state index in [0.717, 1.165) is 23.1 Å². The first-order valence-electron chi connectivity index (χ1n) is 10.4. The van der Waals surface area contributed by atoms with Crippen molar-refractivity contribution in [2.24, 2.45) is 0 Å². The number of anilines is 1. The Hall–Kier alpha value is -3.69. The number of ether oxygens (including phenoxy) is 2. The number of carbonyl (C=O) groups is 1. The molecule has 1 heterocycles. The van der Waals surface area contributed by atoms with Crippen LogP contribution in [-0.2, 0) is 4.79 Å². The summed E-state index contributed by atoms with van der Waals surface area (Å²) in [4.78, 5) is 25.7. The molecule has 0 atom stereocenters. The minimum atomic E-state index is -0.489. The van der Waals surface area contributed by atoms with Gasteiger partial charge in [0.1, 0.15) is 24.7 Å². The molecule has 4 rings (SSSR count). The molecule has 0 aliphatic carbocycles. The molecule has 0 aromatic heterocycles. The van der Waals surface area contributed by atoms with Crippen molar-refractivity contribution in [1.29, 1.82) is 0 Å². The summed E-state index contributed by atoms with van der Waals surface area (Å²) in [5, 5.41) is 11.3. The SMILES string of the molecule is Cc1ccc(OCCOc2ccc([N+](=O)[O-])cc2C=C2SC(=S)N(c3ccccc3)C2=O)cc1. The number of carbonyl (C=O) groups excluding carboxylic acids is 1. The number of hydrogen-bond acceptors (Lipinski definition) is 7. The van der Waals surface area contributed by atoms with Gasteiger partial charge >= 0.3 is 0 Å². The Labute approximate surface area is 206 Å². The highest BCUT2D eigenvalue weighted by molar-refractivity contribution is 8.27. The lowest BCUT2D eigenvalue weighted by atomic mass is 10.1. The zero-order valence-electron chi connectivity index (χ0n) is 18.2. The van der Waals surface area contributed by atoms with Gasteiger partial charge in [0, 0.05) is 17.7 Å². The van der Waals surface area contributed by atoms with Crippen LogP contribution in [0.5, 0.6) is 11.5 Å². The first-order valence-corrected chi connectivity index (χ1v) is 11.6. The molecule has 34 heavy (non-hydrogen) atoms. The lowest BCUT2D eigenvalue weighted by Crippen LogP contribution is -2.27. The molecule has 9 heteroatoms. The highest BCUT2D eigenvalue weighted by Gasteiger charge is 2.33. The zero-order chi connectivity index (χ0) is 24.1. The number of non-ortho nitro benzene ring substituents is 1. The first kappa shape index (κ1) is 23.5. The summed E-state index contributed by atoms with van der Waals surface area (Å²) in [5.74, 6) is 0.840. The molecule has 172 valence electrons. The molecule has 1 fully saturated rings. The van der Waals surface area contributed by atoms with Gasteiger partial charge in [0.15, 0.2) is 4.32 Å². The third-order valence-electron chi connectivity index (χ3n) is 4.93. The van der Waals surface area contributed by atoms with E-state index < -0.39 is 4.92 Å². The third-order valence-corrected chi connectivity index (χ3v) is 6.23. The summed E-state index contributed by atoms with van der Waals surface area (Å²) in [6.45, 7) is 2.50. The van der Waals surface area contributed by atoms with Crippen LogP contribution in [0, 0.1) is 17.0 Å². The van der Waals surface area contributed by atoms with Gasteiger partial charge in [-0.25, -0.2) is 0 Å². The average molecular weight is 493 g/mol. The number of nitrogens with zero attached hydrogens (tertiary/aromatic N) is 2. The van der Waals surface area contributed by atoms with Crippen molar-refractivity contribution >= 4 is 51.7 Å². The van der Waals surface area contributed by atoms with Crippen molar-refractivity contribution < 1.29 is 19.2 Å². The molecule has 0 N–H and O–H groups in total. The molecule has 3 aromatic rings. The molecular weight excluding hydrogens is 472 g/mol. The minimum absolute atomic E-state index is 0.104. The predicted molar refractivity (Wildman–Crippen MR) is 137 cm³/mol. The van der Waals surface area contributed by atoms with Crippen molar-refractivity contribution in [3.8, 4) is 11.5 Å². The molecule has 1 aliphatic rings. The van der Waals surface area contributed by atoms with E-state index in [1.165, 1.54) is 23.1 Å². The van der Waals surface area contributed by atoms with Crippen LogP contribution >= 0.6 is 24.0 Å². The maximum absolute atomic E-state index is 13.0. The van der Waals surface area contributed by atoms with Crippen molar-refractivity contribution in [3.05, 3.63) is 98.9 Å². The average Bonchev–Trinajstić information content (AvgIpc) is 3.11. The summed E-state index contributed by atoms with van der Waals surface area (Å²) < 4.78 is 11.9. The predicted octanol–water partition coefficient (Wildman–Crippen LogP) is 5.77. The monoisotopic (exact) mass is 492 g/mol. The van der Waals surface area contributed by atoms with Crippen LogP contribution < -0.4 is 14.4 Å². The lowest BCUT2D eigenvalue weighted by molar-refractivity contribution is -0.384. The Morgan fingerprint density at radius 1 is 1.03 bits per heavy atom. The molecule has 1 aliphatic heterocycles. The second-order valence-corrected chi connectivity index (χ2v) is 9.02. The molecule has 0 unspecified atom stereocenters. The van der Waals surface area contributed by atoms with Gasteiger partial charge in [0.2, 0.25) is 0 Å². The molecular formula is C25H20N2O5S2. The standard InChI is InChI=1S/C25H20N2O5S2/c1-17-7-10-21(11-8-17)31-13-14-32-22-12-9-20(27(29)30)15-18(22)16-23-24(28)26(25(33)34-23)19-5-3-2-4-6-19/h2-12,15-16H,13-14H2,1H3. The molecule has 3 aromatic carbocycles. The van der Waals surface area contributed by atoms with E-state index in [1.807, 2.05) is 49.4 Å². The van der Waals surface area contributed by atoms with Gasteiger partial charge < -0.3 is 9.47 Å². The van der Waals surface area contributed by atoms with Crippen LogP contribution in [0.2, 0.25) is 0 Å². The van der Waals surface area contributed by atoms with Crippen LogP contribution in [0.1, 0.15) is 11.1 Å². The van der Waals surface area contributed by atoms with E-state index in [1.54, 1.807) is 18.2 Å².